The van der Waals surface area contributed by atoms with Crippen LogP contribution in [-0.4, -0.2) is 6.61 Å². The first kappa shape index (κ1) is 14.0. The summed E-state index contributed by atoms with van der Waals surface area (Å²) in [5.41, 5.74) is 6.46. The number of nitrogens with two attached hydrogens (primary N) is 1. The van der Waals surface area contributed by atoms with Gasteiger partial charge in [0.05, 0.1) is 11.6 Å². The number of benzene rings is 2. The summed E-state index contributed by atoms with van der Waals surface area (Å²) in [6, 6.07) is 10.8. The highest BCUT2D eigenvalue weighted by Crippen LogP contribution is 2.37. The quantitative estimate of drug-likeness (QED) is 0.806. The van der Waals surface area contributed by atoms with E-state index in [1.54, 1.807) is 24.3 Å². The van der Waals surface area contributed by atoms with E-state index in [9.17, 15) is 0 Å². The van der Waals surface area contributed by atoms with Crippen molar-refractivity contribution in [1.82, 2.24) is 0 Å². The Kier molecular flexibility index (Phi) is 4.56. The number of hydrogen-bond donors (Lipinski definition) is 1. The van der Waals surface area contributed by atoms with Crippen molar-refractivity contribution in [2.75, 3.05) is 12.3 Å². The fourth-order valence-corrected chi connectivity index (χ4v) is 2.06. The topological polar surface area (TPSA) is 44.5 Å². The number of ether oxygens (including phenoxy) is 2. The van der Waals surface area contributed by atoms with Crippen LogP contribution in [0.25, 0.3) is 0 Å². The lowest BCUT2D eigenvalue weighted by atomic mass is 10.2. The molecule has 0 fully saturated rings. The maximum Gasteiger partial charge on any atom is 0.154 e. The highest BCUT2D eigenvalue weighted by atomic mass is 79.9. The van der Waals surface area contributed by atoms with Gasteiger partial charge in [-0.05, 0) is 37.3 Å². The van der Waals surface area contributed by atoms with E-state index in [1.165, 1.54) is 0 Å². The van der Waals surface area contributed by atoms with Crippen molar-refractivity contribution in [2.24, 2.45) is 0 Å². The van der Waals surface area contributed by atoms with Crippen LogP contribution in [0, 0.1) is 0 Å². The van der Waals surface area contributed by atoms with E-state index in [0.29, 0.717) is 34.6 Å². The second kappa shape index (κ2) is 6.17. The largest absolute Gasteiger partial charge is 0.492 e. The molecule has 19 heavy (non-hydrogen) atoms. The highest BCUT2D eigenvalue weighted by molar-refractivity contribution is 9.10. The summed E-state index contributed by atoms with van der Waals surface area (Å²) >= 11 is 9.45. The van der Waals surface area contributed by atoms with Gasteiger partial charge in [0.25, 0.3) is 0 Å². The Labute approximate surface area is 125 Å². The molecule has 3 nitrogen and oxygen atoms in total. The molecule has 0 saturated heterocycles. The van der Waals surface area contributed by atoms with Crippen LogP contribution in [0.3, 0.4) is 0 Å². The van der Waals surface area contributed by atoms with E-state index >= 15 is 0 Å². The summed E-state index contributed by atoms with van der Waals surface area (Å²) in [5.74, 6) is 1.66. The number of hydrogen-bond acceptors (Lipinski definition) is 3. The van der Waals surface area contributed by atoms with Gasteiger partial charge in [-0.3, -0.25) is 0 Å². The Balaban J connectivity index is 2.33. The van der Waals surface area contributed by atoms with Crippen molar-refractivity contribution >= 4 is 33.2 Å². The van der Waals surface area contributed by atoms with Gasteiger partial charge in [-0.15, -0.1) is 0 Å². The molecule has 0 spiro atoms. The molecule has 0 saturated carbocycles. The Hall–Kier alpha value is -1.39. The lowest BCUT2D eigenvalue weighted by Gasteiger charge is -2.13. The molecular weight excluding hydrogens is 330 g/mol. The molecule has 0 bridgehead atoms. The molecule has 0 heterocycles. The molecule has 0 amide bonds. The third kappa shape index (κ3) is 3.33. The summed E-state index contributed by atoms with van der Waals surface area (Å²) < 4.78 is 12.0. The van der Waals surface area contributed by atoms with Gasteiger partial charge in [0.1, 0.15) is 17.2 Å². The lowest BCUT2D eigenvalue weighted by Crippen LogP contribution is -1.99. The number of rotatable bonds is 4. The lowest BCUT2D eigenvalue weighted by molar-refractivity contribution is 0.340. The molecule has 100 valence electrons. The normalized spacial score (nSPS) is 10.3. The van der Waals surface area contributed by atoms with E-state index in [1.807, 2.05) is 19.1 Å². The van der Waals surface area contributed by atoms with Crippen LogP contribution in [-0.2, 0) is 0 Å². The highest BCUT2D eigenvalue weighted by Gasteiger charge is 2.10. The summed E-state index contributed by atoms with van der Waals surface area (Å²) in [6.45, 7) is 2.45. The summed E-state index contributed by atoms with van der Waals surface area (Å²) in [6.07, 6.45) is 0. The third-order valence-electron chi connectivity index (χ3n) is 2.44. The predicted molar refractivity (Wildman–Crippen MR) is 81.2 cm³/mol. The summed E-state index contributed by atoms with van der Waals surface area (Å²) in [5, 5.41) is 0.518. The van der Waals surface area contributed by atoms with Crippen molar-refractivity contribution in [3.63, 3.8) is 0 Å². The van der Waals surface area contributed by atoms with Crippen LogP contribution in [0.4, 0.5) is 5.69 Å². The van der Waals surface area contributed by atoms with Crippen molar-refractivity contribution in [1.29, 1.82) is 0 Å². The van der Waals surface area contributed by atoms with Crippen LogP contribution in [0.1, 0.15) is 6.92 Å². The van der Waals surface area contributed by atoms with Gasteiger partial charge in [0.15, 0.2) is 5.75 Å². The zero-order valence-corrected chi connectivity index (χ0v) is 12.7. The maximum absolute atomic E-state index is 6.08. The van der Waals surface area contributed by atoms with Gasteiger partial charge < -0.3 is 15.2 Å². The Morgan fingerprint density at radius 2 is 1.89 bits per heavy atom. The number of nitrogen functional groups attached to an aromatic ring is 1. The molecule has 2 rings (SSSR count). The number of anilines is 1. The van der Waals surface area contributed by atoms with Crippen LogP contribution < -0.4 is 15.2 Å². The van der Waals surface area contributed by atoms with Gasteiger partial charge in [-0.25, -0.2) is 0 Å². The van der Waals surface area contributed by atoms with E-state index in [4.69, 9.17) is 26.8 Å². The molecule has 2 N–H and O–H groups in total. The van der Waals surface area contributed by atoms with Crippen LogP contribution in [0.2, 0.25) is 5.02 Å². The van der Waals surface area contributed by atoms with E-state index in [-0.39, 0.29) is 0 Å². The summed E-state index contributed by atoms with van der Waals surface area (Å²) in [4.78, 5) is 0. The first-order valence-electron chi connectivity index (χ1n) is 5.76. The van der Waals surface area contributed by atoms with Crippen LogP contribution in [0.5, 0.6) is 17.2 Å². The molecule has 0 unspecified atom stereocenters. The van der Waals surface area contributed by atoms with Gasteiger partial charge in [0, 0.05) is 4.47 Å². The number of halogens is 2. The van der Waals surface area contributed by atoms with Gasteiger partial charge in [-0.2, -0.15) is 0 Å². The molecule has 0 aliphatic carbocycles. The Bertz CT molecular complexity index is 590. The Morgan fingerprint density at radius 1 is 1.16 bits per heavy atom. The van der Waals surface area contributed by atoms with Gasteiger partial charge in [-0.1, -0.05) is 33.6 Å². The molecule has 2 aromatic rings. The summed E-state index contributed by atoms with van der Waals surface area (Å²) in [7, 11) is 0. The van der Waals surface area contributed by atoms with E-state index in [2.05, 4.69) is 15.9 Å². The molecule has 0 aliphatic rings. The number of para-hydroxylation sites is 1. The monoisotopic (exact) mass is 341 g/mol. The van der Waals surface area contributed by atoms with Gasteiger partial charge in [0.2, 0.25) is 0 Å². The van der Waals surface area contributed by atoms with Crippen molar-refractivity contribution in [2.45, 2.75) is 6.92 Å². The second-order valence-corrected chi connectivity index (χ2v) is 5.10. The SMILES string of the molecule is CCOc1cccc(Oc2cc(Br)ccc2Cl)c1N. The predicted octanol–water partition coefficient (Wildman–Crippen LogP) is 4.88. The minimum atomic E-state index is 0.459. The fraction of sp³-hybridized carbons (Fsp3) is 0.143. The smallest absolute Gasteiger partial charge is 0.154 e. The van der Waals surface area contributed by atoms with Crippen LogP contribution in [0.15, 0.2) is 40.9 Å². The zero-order valence-electron chi connectivity index (χ0n) is 10.3. The van der Waals surface area contributed by atoms with Crippen molar-refractivity contribution in [3.8, 4) is 17.2 Å². The maximum atomic E-state index is 6.08. The average Bonchev–Trinajstić information content (AvgIpc) is 2.39. The first-order chi connectivity index (χ1) is 9.11. The molecular formula is C14H13BrClNO2. The first-order valence-corrected chi connectivity index (χ1v) is 6.93. The average molecular weight is 343 g/mol. The van der Waals surface area contributed by atoms with Gasteiger partial charge >= 0.3 is 0 Å². The molecule has 0 radical (unpaired) electrons. The van der Waals surface area contributed by atoms with Crippen molar-refractivity contribution < 1.29 is 9.47 Å². The van der Waals surface area contributed by atoms with Crippen LogP contribution >= 0.6 is 27.5 Å². The van der Waals surface area contributed by atoms with Crippen molar-refractivity contribution in [3.05, 3.63) is 45.9 Å². The molecule has 0 aromatic heterocycles. The third-order valence-corrected chi connectivity index (χ3v) is 3.24. The van der Waals surface area contributed by atoms with E-state index < -0.39 is 0 Å². The second-order valence-electron chi connectivity index (χ2n) is 3.78. The molecule has 0 atom stereocenters. The molecule has 2 aromatic carbocycles. The molecule has 0 aliphatic heterocycles. The van der Waals surface area contributed by atoms with E-state index in [0.717, 1.165) is 4.47 Å². The molecule has 5 heteroatoms. The zero-order chi connectivity index (χ0) is 13.8. The standard InChI is InChI=1S/C14H13BrClNO2/c1-2-18-11-4-3-5-12(14(11)17)19-13-8-9(15)6-7-10(13)16/h3-8H,2,17H2,1H3. The fourth-order valence-electron chi connectivity index (χ4n) is 1.57. The Morgan fingerprint density at radius 3 is 2.63 bits per heavy atom. The minimum Gasteiger partial charge on any atom is -0.492 e. The minimum absolute atomic E-state index is 0.459.